The number of rotatable bonds is 7. The second kappa shape index (κ2) is 7.37. The van der Waals surface area contributed by atoms with Crippen molar-refractivity contribution in [3.05, 3.63) is 0 Å². The molecule has 0 saturated heterocycles. The van der Waals surface area contributed by atoms with Crippen LogP contribution in [0.2, 0.25) is 0 Å². The third-order valence-electron chi connectivity index (χ3n) is 3.80. The Kier molecular flexibility index (Phi) is 6.49. The van der Waals surface area contributed by atoms with Crippen LogP contribution in [0.5, 0.6) is 0 Å². The Morgan fingerprint density at radius 2 is 1.88 bits per heavy atom. The summed E-state index contributed by atoms with van der Waals surface area (Å²) in [6.07, 6.45) is 6.06. The summed E-state index contributed by atoms with van der Waals surface area (Å²) in [5.41, 5.74) is 0. The van der Waals surface area contributed by atoms with Crippen LogP contribution in [0.15, 0.2) is 0 Å². The van der Waals surface area contributed by atoms with Crippen LogP contribution in [0.25, 0.3) is 0 Å². The lowest BCUT2D eigenvalue weighted by molar-refractivity contribution is 0.249. The minimum atomic E-state index is -2.81. The molecule has 17 heavy (non-hydrogen) atoms. The van der Waals surface area contributed by atoms with Crippen molar-refractivity contribution in [2.45, 2.75) is 46.0 Å². The van der Waals surface area contributed by atoms with Crippen LogP contribution < -0.4 is 5.32 Å². The van der Waals surface area contributed by atoms with Gasteiger partial charge in [-0.3, -0.25) is 0 Å². The molecule has 0 radical (unpaired) electrons. The molecule has 1 saturated carbocycles. The predicted octanol–water partition coefficient (Wildman–Crippen LogP) is 2.23. The van der Waals surface area contributed by atoms with Crippen LogP contribution in [-0.4, -0.2) is 33.0 Å². The first kappa shape index (κ1) is 15.0. The van der Waals surface area contributed by atoms with E-state index in [0.29, 0.717) is 18.1 Å². The van der Waals surface area contributed by atoms with Gasteiger partial charge in [0, 0.05) is 12.3 Å². The van der Waals surface area contributed by atoms with E-state index in [4.69, 9.17) is 0 Å². The summed E-state index contributed by atoms with van der Waals surface area (Å²) < 4.78 is 23.0. The molecule has 0 heterocycles. The van der Waals surface area contributed by atoms with Crippen molar-refractivity contribution in [3.63, 3.8) is 0 Å². The molecule has 0 aromatic heterocycles. The van der Waals surface area contributed by atoms with Crippen molar-refractivity contribution in [1.29, 1.82) is 0 Å². The number of hydrogen-bond donors (Lipinski definition) is 1. The zero-order valence-corrected chi connectivity index (χ0v) is 12.1. The van der Waals surface area contributed by atoms with Gasteiger partial charge in [-0.25, -0.2) is 8.42 Å². The van der Waals surface area contributed by atoms with Gasteiger partial charge in [-0.05, 0) is 31.2 Å². The SMILES string of the molecule is CCCS(=O)(=O)CCNCC1CCCCC1C. The number of sulfone groups is 1. The van der Waals surface area contributed by atoms with E-state index in [2.05, 4.69) is 12.2 Å². The first-order chi connectivity index (χ1) is 8.05. The van der Waals surface area contributed by atoms with Crippen LogP contribution in [0.1, 0.15) is 46.0 Å². The van der Waals surface area contributed by atoms with E-state index < -0.39 is 9.84 Å². The highest BCUT2D eigenvalue weighted by molar-refractivity contribution is 7.91. The van der Waals surface area contributed by atoms with Gasteiger partial charge in [0.25, 0.3) is 0 Å². The van der Waals surface area contributed by atoms with Crippen molar-refractivity contribution in [2.75, 3.05) is 24.6 Å². The van der Waals surface area contributed by atoms with E-state index in [9.17, 15) is 8.42 Å². The summed E-state index contributed by atoms with van der Waals surface area (Å²) in [4.78, 5) is 0. The third kappa shape index (κ3) is 5.87. The lowest BCUT2D eigenvalue weighted by Crippen LogP contribution is -2.32. The maximum Gasteiger partial charge on any atom is 0.151 e. The van der Waals surface area contributed by atoms with Crippen LogP contribution in [-0.2, 0) is 9.84 Å². The van der Waals surface area contributed by atoms with E-state index in [0.717, 1.165) is 24.8 Å². The second-order valence-corrected chi connectivity index (χ2v) is 7.68. The van der Waals surface area contributed by atoms with Gasteiger partial charge in [0.2, 0.25) is 0 Å². The molecule has 3 nitrogen and oxygen atoms in total. The average molecular weight is 261 g/mol. The van der Waals surface area contributed by atoms with Gasteiger partial charge in [0.05, 0.1) is 5.75 Å². The van der Waals surface area contributed by atoms with Gasteiger partial charge in [0.1, 0.15) is 0 Å². The van der Waals surface area contributed by atoms with Crippen LogP contribution >= 0.6 is 0 Å². The van der Waals surface area contributed by atoms with E-state index in [1.165, 1.54) is 25.7 Å². The summed E-state index contributed by atoms with van der Waals surface area (Å²) in [6.45, 7) is 5.84. The van der Waals surface area contributed by atoms with Gasteiger partial charge >= 0.3 is 0 Å². The topological polar surface area (TPSA) is 46.2 Å². The predicted molar refractivity (Wildman–Crippen MR) is 72.9 cm³/mol. The molecule has 0 spiro atoms. The normalized spacial score (nSPS) is 26.0. The summed E-state index contributed by atoms with van der Waals surface area (Å²) in [5.74, 6) is 2.16. The van der Waals surface area contributed by atoms with Gasteiger partial charge in [-0.1, -0.05) is 33.1 Å². The fourth-order valence-electron chi connectivity index (χ4n) is 2.62. The Bertz CT molecular complexity index is 301. The lowest BCUT2D eigenvalue weighted by Gasteiger charge is -2.28. The molecule has 4 heteroatoms. The molecule has 102 valence electrons. The summed E-state index contributed by atoms with van der Waals surface area (Å²) in [6, 6.07) is 0. The standard InChI is InChI=1S/C13H27NO2S/c1-3-9-17(15,16)10-8-14-11-13-7-5-4-6-12(13)2/h12-14H,3-11H2,1-2H3. The largest absolute Gasteiger partial charge is 0.315 e. The molecule has 1 fully saturated rings. The van der Waals surface area contributed by atoms with Crippen molar-refractivity contribution in [2.24, 2.45) is 11.8 Å². The van der Waals surface area contributed by atoms with E-state index in [-0.39, 0.29) is 0 Å². The molecule has 1 N–H and O–H groups in total. The van der Waals surface area contributed by atoms with Crippen molar-refractivity contribution >= 4 is 9.84 Å². The minimum absolute atomic E-state index is 0.294. The van der Waals surface area contributed by atoms with E-state index >= 15 is 0 Å². The highest BCUT2D eigenvalue weighted by Crippen LogP contribution is 2.28. The molecular formula is C13H27NO2S. The third-order valence-corrected chi connectivity index (χ3v) is 5.66. The van der Waals surface area contributed by atoms with Gasteiger partial charge in [-0.15, -0.1) is 0 Å². The van der Waals surface area contributed by atoms with Crippen molar-refractivity contribution < 1.29 is 8.42 Å². The molecule has 1 aliphatic rings. The summed E-state index contributed by atoms with van der Waals surface area (Å²) in [7, 11) is -2.81. The zero-order chi connectivity index (χ0) is 12.7. The minimum Gasteiger partial charge on any atom is -0.315 e. The first-order valence-electron chi connectivity index (χ1n) is 6.96. The zero-order valence-electron chi connectivity index (χ0n) is 11.2. The molecule has 0 aromatic rings. The van der Waals surface area contributed by atoms with Crippen molar-refractivity contribution in [3.8, 4) is 0 Å². The number of hydrogen-bond acceptors (Lipinski definition) is 3. The quantitative estimate of drug-likeness (QED) is 0.715. The Morgan fingerprint density at radius 1 is 1.18 bits per heavy atom. The fraction of sp³-hybridized carbons (Fsp3) is 1.00. The van der Waals surface area contributed by atoms with Gasteiger partial charge in [0.15, 0.2) is 9.84 Å². The first-order valence-corrected chi connectivity index (χ1v) is 8.78. The summed E-state index contributed by atoms with van der Waals surface area (Å²) >= 11 is 0. The highest BCUT2D eigenvalue weighted by Gasteiger charge is 2.20. The molecule has 0 aliphatic heterocycles. The molecule has 2 atom stereocenters. The van der Waals surface area contributed by atoms with Gasteiger partial charge < -0.3 is 5.32 Å². The lowest BCUT2D eigenvalue weighted by atomic mass is 9.80. The smallest absolute Gasteiger partial charge is 0.151 e. The molecule has 0 bridgehead atoms. The molecule has 1 aliphatic carbocycles. The molecule has 1 rings (SSSR count). The van der Waals surface area contributed by atoms with Gasteiger partial charge in [-0.2, -0.15) is 0 Å². The molecular weight excluding hydrogens is 234 g/mol. The van der Waals surface area contributed by atoms with Crippen LogP contribution in [0.4, 0.5) is 0 Å². The Labute approximate surface area is 106 Å². The van der Waals surface area contributed by atoms with Crippen LogP contribution in [0.3, 0.4) is 0 Å². The Balaban J connectivity index is 2.15. The Morgan fingerprint density at radius 3 is 2.53 bits per heavy atom. The van der Waals surface area contributed by atoms with Crippen molar-refractivity contribution in [1.82, 2.24) is 5.32 Å². The number of nitrogens with one attached hydrogen (secondary N) is 1. The van der Waals surface area contributed by atoms with Crippen LogP contribution in [0, 0.1) is 11.8 Å². The monoisotopic (exact) mass is 261 g/mol. The molecule has 0 amide bonds. The molecule has 0 aromatic carbocycles. The highest BCUT2D eigenvalue weighted by atomic mass is 32.2. The van der Waals surface area contributed by atoms with E-state index in [1.807, 2.05) is 6.92 Å². The van der Waals surface area contributed by atoms with E-state index in [1.54, 1.807) is 0 Å². The fourth-order valence-corrected chi connectivity index (χ4v) is 3.91. The summed E-state index contributed by atoms with van der Waals surface area (Å²) in [5, 5.41) is 3.32. The Hall–Kier alpha value is -0.0900. The molecule has 2 unspecified atom stereocenters. The second-order valence-electron chi connectivity index (χ2n) is 5.38. The maximum absolute atomic E-state index is 11.5. The average Bonchev–Trinajstić information content (AvgIpc) is 2.26. The maximum atomic E-state index is 11.5.